The minimum absolute atomic E-state index is 0.0567. The van der Waals surface area contributed by atoms with Crippen LogP contribution < -0.4 is 14.5 Å². The summed E-state index contributed by atoms with van der Waals surface area (Å²) in [5.41, 5.74) is 11.6. The molecule has 2 aliphatic rings. The average molecular weight is 783 g/mol. The summed E-state index contributed by atoms with van der Waals surface area (Å²) in [6.45, 7) is 17.4. The summed E-state index contributed by atoms with van der Waals surface area (Å²) in [6, 6.07) is 14.3. The molecule has 0 N–H and O–H groups in total. The van der Waals surface area contributed by atoms with Gasteiger partial charge in [0.2, 0.25) is 0 Å². The molecule has 0 saturated carbocycles. The van der Waals surface area contributed by atoms with E-state index in [0.29, 0.717) is 18.1 Å². The number of carbonyl (C=O) groups is 1. The van der Waals surface area contributed by atoms with Crippen LogP contribution in [0, 0.1) is 33.6 Å². The molecule has 1 saturated heterocycles. The van der Waals surface area contributed by atoms with Gasteiger partial charge in [-0.3, -0.25) is 9.48 Å². The Kier molecular flexibility index (Phi) is 11.7. The van der Waals surface area contributed by atoms with E-state index >= 15 is 0 Å². The first-order valence-electron chi connectivity index (χ1n) is 19.5. The fourth-order valence-corrected chi connectivity index (χ4v) is 9.24. The number of aldehydes is 1. The Bertz CT molecular complexity index is 2190. The van der Waals surface area contributed by atoms with Crippen LogP contribution in [0.1, 0.15) is 70.0 Å². The van der Waals surface area contributed by atoms with Crippen LogP contribution in [0.15, 0.2) is 61.3 Å². The van der Waals surface area contributed by atoms with Crippen molar-refractivity contribution in [3.63, 3.8) is 0 Å². The Hall–Kier alpha value is -4.24. The van der Waals surface area contributed by atoms with Crippen LogP contribution in [-0.4, -0.2) is 66.6 Å². The third-order valence-corrected chi connectivity index (χ3v) is 12.7. The summed E-state index contributed by atoms with van der Waals surface area (Å²) in [6.07, 6.45) is 9.06. The summed E-state index contributed by atoms with van der Waals surface area (Å²) in [4.78, 5) is 16.4. The van der Waals surface area contributed by atoms with Crippen LogP contribution in [-0.2, 0) is 18.3 Å². The lowest BCUT2D eigenvalue weighted by Gasteiger charge is -2.32. The van der Waals surface area contributed by atoms with Gasteiger partial charge < -0.3 is 23.8 Å². The molecule has 10 heteroatoms. The van der Waals surface area contributed by atoms with Gasteiger partial charge in [-0.2, -0.15) is 5.10 Å². The number of nitrogens with zero attached hydrogens (tertiary/aromatic N) is 5. The van der Waals surface area contributed by atoms with Crippen molar-refractivity contribution >= 4 is 51.8 Å². The predicted molar refractivity (Wildman–Crippen MR) is 227 cm³/mol. The maximum Gasteiger partial charge on any atom is 0.150 e. The van der Waals surface area contributed by atoms with Gasteiger partial charge in [-0.1, -0.05) is 47.5 Å². The van der Waals surface area contributed by atoms with E-state index in [9.17, 15) is 4.79 Å². The zero-order valence-electron chi connectivity index (χ0n) is 33.0. The number of benzene rings is 3. The van der Waals surface area contributed by atoms with Crippen molar-refractivity contribution in [3.8, 4) is 16.9 Å². The van der Waals surface area contributed by atoms with E-state index in [4.69, 9.17) is 37.8 Å². The van der Waals surface area contributed by atoms with Crippen LogP contribution in [0.25, 0.3) is 22.0 Å². The lowest BCUT2D eigenvalue weighted by atomic mass is 9.88. The highest BCUT2D eigenvalue weighted by Gasteiger charge is 2.40. The maximum absolute atomic E-state index is 11.5. The second-order valence-corrected chi connectivity index (χ2v) is 16.3. The number of aryl methyl sites for hydroxylation is 4. The van der Waals surface area contributed by atoms with Crippen molar-refractivity contribution in [3.05, 3.63) is 105 Å². The highest BCUT2D eigenvalue weighted by molar-refractivity contribution is 6.34. The number of fused-ring (bicyclic) bond motifs is 2. The van der Waals surface area contributed by atoms with Crippen LogP contribution in [0.2, 0.25) is 10.0 Å². The van der Waals surface area contributed by atoms with Crippen LogP contribution in [0.4, 0.5) is 11.4 Å². The third-order valence-electron chi connectivity index (χ3n) is 11.8. The molecule has 0 spiro atoms. The predicted octanol–water partition coefficient (Wildman–Crippen LogP) is 10.3. The number of anilines is 2. The smallest absolute Gasteiger partial charge is 0.150 e. The number of ether oxygens (including phenoxy) is 2. The van der Waals surface area contributed by atoms with Gasteiger partial charge in [0.15, 0.2) is 0 Å². The molecule has 0 aliphatic carbocycles. The quantitative estimate of drug-likeness (QED) is 0.0635. The molecule has 2 unspecified atom stereocenters. The zero-order valence-corrected chi connectivity index (χ0v) is 34.5. The Morgan fingerprint density at radius 3 is 2.49 bits per heavy atom. The monoisotopic (exact) mass is 781 g/mol. The Morgan fingerprint density at radius 1 is 1.04 bits per heavy atom. The SMILES string of the molecule is C=CC1C(CCCOc2cc(C)c(Cl)c(C)c2)c2ccc(Cl)c(-c3c(C)nn(CC4CCOCC4)c3C)c2N1CCN(C)c1cn(C)c2cc(C=O)ccc12. The van der Waals surface area contributed by atoms with Gasteiger partial charge in [-0.05, 0) is 100 Å². The fraction of sp³-hybridized carbons (Fsp3) is 0.422. The first-order chi connectivity index (χ1) is 26.5. The standard InChI is InChI=1S/C45H53Cl2N5O3/c1-8-39-35(10-9-19-55-34-22-28(2)44(47)29(3)23-34)36-13-14-38(46)43(42-30(4)48-52(31(42)5)25-32-15-20-54-21-16-32)45(36)51(39)18-17-49(6)41-26-50(7)40-24-33(27-53)11-12-37(40)41/h8,11-14,22-24,26-27,32,35,39H,1,9-10,15-21,25H2,2-7H3. The molecule has 2 aliphatic heterocycles. The van der Waals surface area contributed by atoms with Crippen molar-refractivity contribution in [2.24, 2.45) is 13.0 Å². The first-order valence-corrected chi connectivity index (χ1v) is 20.2. The number of carbonyl (C=O) groups excluding carboxylic acids is 1. The van der Waals surface area contributed by atoms with Gasteiger partial charge in [0.05, 0.1) is 40.3 Å². The molecule has 1 fully saturated rings. The molecule has 290 valence electrons. The van der Waals surface area contributed by atoms with E-state index in [-0.39, 0.29) is 12.0 Å². The average Bonchev–Trinajstić information content (AvgIpc) is 3.78. The molecule has 3 aromatic carbocycles. The van der Waals surface area contributed by atoms with E-state index in [0.717, 1.165) is 131 Å². The summed E-state index contributed by atoms with van der Waals surface area (Å²) in [5.74, 6) is 1.59. The molecule has 0 radical (unpaired) electrons. The van der Waals surface area contributed by atoms with Crippen molar-refractivity contribution in [2.45, 2.75) is 71.9 Å². The van der Waals surface area contributed by atoms with E-state index in [1.165, 1.54) is 11.3 Å². The van der Waals surface area contributed by atoms with Gasteiger partial charge >= 0.3 is 0 Å². The molecule has 2 atom stereocenters. The molecule has 0 bridgehead atoms. The summed E-state index contributed by atoms with van der Waals surface area (Å²) < 4.78 is 16.2. The van der Waals surface area contributed by atoms with Gasteiger partial charge in [-0.25, -0.2) is 0 Å². The Balaban J connectivity index is 1.22. The Labute approximate surface area is 335 Å². The number of hydrogen-bond acceptors (Lipinski definition) is 6. The van der Waals surface area contributed by atoms with Gasteiger partial charge in [-0.15, -0.1) is 6.58 Å². The third kappa shape index (κ3) is 7.66. The van der Waals surface area contributed by atoms with Crippen LogP contribution >= 0.6 is 23.2 Å². The van der Waals surface area contributed by atoms with E-state index in [2.05, 4.69) is 77.0 Å². The summed E-state index contributed by atoms with van der Waals surface area (Å²) >= 11 is 13.7. The second-order valence-electron chi connectivity index (χ2n) is 15.5. The molecular weight excluding hydrogens is 729 g/mol. The second kappa shape index (κ2) is 16.5. The van der Waals surface area contributed by atoms with E-state index in [1.54, 1.807) is 0 Å². The van der Waals surface area contributed by atoms with Gasteiger partial charge in [0.25, 0.3) is 0 Å². The number of rotatable bonds is 14. The highest BCUT2D eigenvalue weighted by Crippen LogP contribution is 2.52. The lowest BCUT2D eigenvalue weighted by Crippen LogP contribution is -2.38. The molecule has 2 aromatic heterocycles. The number of halogens is 2. The van der Waals surface area contributed by atoms with Crippen molar-refractivity contribution in [1.29, 1.82) is 0 Å². The van der Waals surface area contributed by atoms with Crippen LogP contribution in [0.5, 0.6) is 5.75 Å². The highest BCUT2D eigenvalue weighted by atomic mass is 35.5. The summed E-state index contributed by atoms with van der Waals surface area (Å²) in [7, 11) is 4.17. The molecule has 7 rings (SSSR count). The largest absolute Gasteiger partial charge is 0.494 e. The fourth-order valence-electron chi connectivity index (χ4n) is 8.89. The van der Waals surface area contributed by atoms with E-state index in [1.807, 2.05) is 45.2 Å². The lowest BCUT2D eigenvalue weighted by molar-refractivity contribution is 0.0599. The molecule has 55 heavy (non-hydrogen) atoms. The molecular formula is C45H53Cl2N5O3. The molecule has 5 aromatic rings. The van der Waals surface area contributed by atoms with Crippen molar-refractivity contribution in [1.82, 2.24) is 14.3 Å². The molecule has 0 amide bonds. The maximum atomic E-state index is 11.5. The summed E-state index contributed by atoms with van der Waals surface area (Å²) in [5, 5.41) is 7.75. The topological polar surface area (TPSA) is 64.8 Å². The van der Waals surface area contributed by atoms with Gasteiger partial charge in [0.1, 0.15) is 12.0 Å². The number of hydrogen-bond donors (Lipinski definition) is 0. The minimum Gasteiger partial charge on any atom is -0.494 e. The number of likely N-dealkylation sites (N-methyl/N-ethyl adjacent to an activating group) is 1. The zero-order chi connectivity index (χ0) is 39.0. The first kappa shape index (κ1) is 39.0. The normalized spacial score (nSPS) is 17.2. The van der Waals surface area contributed by atoms with E-state index < -0.39 is 0 Å². The Morgan fingerprint density at radius 2 is 1.78 bits per heavy atom. The number of aromatic nitrogens is 3. The van der Waals surface area contributed by atoms with Crippen molar-refractivity contribution < 1.29 is 14.3 Å². The van der Waals surface area contributed by atoms with Crippen LogP contribution in [0.3, 0.4) is 0 Å². The van der Waals surface area contributed by atoms with Gasteiger partial charge in [0, 0.05) is 91.9 Å². The molecule has 4 heterocycles. The molecule has 8 nitrogen and oxygen atoms in total. The van der Waals surface area contributed by atoms with Crippen molar-refractivity contribution in [2.75, 3.05) is 49.8 Å². The minimum atomic E-state index is 0.0567.